The molecule has 0 amide bonds. The first kappa shape index (κ1) is 22.2. The van der Waals surface area contributed by atoms with Gasteiger partial charge in [-0.3, -0.25) is 0 Å². The summed E-state index contributed by atoms with van der Waals surface area (Å²) in [4.78, 5) is 0. The van der Waals surface area contributed by atoms with Crippen LogP contribution in [0.3, 0.4) is 0 Å². The van der Waals surface area contributed by atoms with Crippen LogP contribution in [0.5, 0.6) is 0 Å². The summed E-state index contributed by atoms with van der Waals surface area (Å²) < 4.78 is 0. The number of fused-ring (bicyclic) bond motifs is 6. The summed E-state index contributed by atoms with van der Waals surface area (Å²) in [6.07, 6.45) is 16.7. The molecule has 7 atom stereocenters. The van der Waals surface area contributed by atoms with E-state index in [1.807, 2.05) is 5.57 Å². The molecular weight excluding hydrogens is 376 g/mol. The summed E-state index contributed by atoms with van der Waals surface area (Å²) in [6, 6.07) is 0. The molecule has 3 saturated carbocycles. The van der Waals surface area contributed by atoms with Crippen LogP contribution in [0.25, 0.3) is 0 Å². The van der Waals surface area contributed by atoms with E-state index >= 15 is 0 Å². The lowest BCUT2D eigenvalue weighted by atomic mass is 9.35. The third-order valence-corrected chi connectivity index (χ3v) is 12.4. The maximum atomic E-state index is 10.9. The lowest BCUT2D eigenvalue weighted by Crippen LogP contribution is -2.63. The molecule has 0 bridgehead atoms. The van der Waals surface area contributed by atoms with Crippen molar-refractivity contribution in [1.82, 2.24) is 0 Å². The number of aliphatic hydroxyl groups excluding tert-OH is 1. The van der Waals surface area contributed by atoms with E-state index in [2.05, 4.69) is 67.5 Å². The van der Waals surface area contributed by atoms with Crippen LogP contribution < -0.4 is 0 Å². The molecule has 0 aromatic heterocycles. The van der Waals surface area contributed by atoms with E-state index in [0.717, 1.165) is 6.42 Å². The molecule has 0 radical (unpaired) electrons. The van der Waals surface area contributed by atoms with Gasteiger partial charge in [-0.05, 0) is 108 Å². The Morgan fingerprint density at radius 3 is 2.19 bits per heavy atom. The topological polar surface area (TPSA) is 20.2 Å². The van der Waals surface area contributed by atoms with Crippen LogP contribution in [0, 0.1) is 44.3 Å². The van der Waals surface area contributed by atoms with Crippen molar-refractivity contribution < 1.29 is 5.11 Å². The number of allylic oxidation sites excluding steroid dienone is 4. The molecule has 1 heteroatoms. The van der Waals surface area contributed by atoms with Crippen LogP contribution in [0.1, 0.15) is 113 Å². The van der Waals surface area contributed by atoms with Gasteiger partial charge in [-0.2, -0.15) is 0 Å². The fourth-order valence-electron chi connectivity index (χ4n) is 9.83. The zero-order valence-electron chi connectivity index (χ0n) is 21.7. The van der Waals surface area contributed by atoms with Gasteiger partial charge >= 0.3 is 0 Å². The van der Waals surface area contributed by atoms with Crippen LogP contribution >= 0.6 is 0 Å². The second-order valence-electron chi connectivity index (χ2n) is 14.9. The molecule has 174 valence electrons. The summed E-state index contributed by atoms with van der Waals surface area (Å²) in [5, 5.41) is 10.9. The van der Waals surface area contributed by atoms with Crippen LogP contribution in [0.2, 0.25) is 0 Å². The van der Waals surface area contributed by atoms with Crippen molar-refractivity contribution in [2.24, 2.45) is 44.3 Å². The highest BCUT2D eigenvalue weighted by atomic mass is 16.3. The molecule has 0 unspecified atom stereocenters. The first-order valence-corrected chi connectivity index (χ1v) is 13.3. The van der Waals surface area contributed by atoms with Crippen molar-refractivity contribution in [3.8, 4) is 0 Å². The van der Waals surface area contributed by atoms with Crippen molar-refractivity contribution in [3.05, 3.63) is 23.3 Å². The number of rotatable bonds is 0. The fourth-order valence-corrected chi connectivity index (χ4v) is 9.83. The largest absolute Gasteiger partial charge is 0.393 e. The Morgan fingerprint density at radius 2 is 1.48 bits per heavy atom. The monoisotopic (exact) mass is 424 g/mol. The summed E-state index contributed by atoms with van der Waals surface area (Å²) in [7, 11) is 0. The predicted molar refractivity (Wildman–Crippen MR) is 131 cm³/mol. The molecule has 0 saturated heterocycles. The van der Waals surface area contributed by atoms with Crippen molar-refractivity contribution >= 4 is 0 Å². The minimum Gasteiger partial charge on any atom is -0.393 e. The van der Waals surface area contributed by atoms with Gasteiger partial charge in [0.1, 0.15) is 0 Å². The van der Waals surface area contributed by atoms with Gasteiger partial charge in [0, 0.05) is 0 Å². The highest BCUT2D eigenvalue weighted by Crippen LogP contribution is 2.74. The van der Waals surface area contributed by atoms with Gasteiger partial charge in [-0.15, -0.1) is 0 Å². The van der Waals surface area contributed by atoms with Crippen LogP contribution in [0.4, 0.5) is 0 Å². The smallest absolute Gasteiger partial charge is 0.0594 e. The molecule has 1 nitrogen and oxygen atoms in total. The lowest BCUT2D eigenvalue weighted by molar-refractivity contribution is -0.182. The molecule has 0 aromatic rings. The van der Waals surface area contributed by atoms with E-state index in [1.165, 1.54) is 51.4 Å². The molecule has 5 aliphatic rings. The van der Waals surface area contributed by atoms with Gasteiger partial charge in [0.15, 0.2) is 0 Å². The molecule has 31 heavy (non-hydrogen) atoms. The molecule has 0 spiro atoms. The molecular formula is C30H48O. The minimum absolute atomic E-state index is 0.0281. The third-order valence-electron chi connectivity index (χ3n) is 12.4. The Labute approximate surface area is 192 Å². The quantitative estimate of drug-likeness (QED) is 0.416. The number of hydrogen-bond donors (Lipinski definition) is 1. The van der Waals surface area contributed by atoms with Crippen molar-refractivity contribution in [3.63, 3.8) is 0 Å². The maximum absolute atomic E-state index is 10.9. The highest BCUT2D eigenvalue weighted by molar-refractivity contribution is 5.45. The van der Waals surface area contributed by atoms with Crippen molar-refractivity contribution in [1.29, 1.82) is 0 Å². The average Bonchev–Trinajstić information content (AvgIpc) is 2.67. The third kappa shape index (κ3) is 2.71. The van der Waals surface area contributed by atoms with Crippen molar-refractivity contribution in [2.45, 2.75) is 119 Å². The predicted octanol–water partition coefficient (Wildman–Crippen LogP) is 8.09. The van der Waals surface area contributed by atoms with Crippen LogP contribution in [-0.4, -0.2) is 11.2 Å². The summed E-state index contributed by atoms with van der Waals surface area (Å²) in [6.45, 7) is 20.2. The Kier molecular flexibility index (Phi) is 4.53. The van der Waals surface area contributed by atoms with Crippen LogP contribution in [-0.2, 0) is 0 Å². The zero-order chi connectivity index (χ0) is 22.7. The van der Waals surface area contributed by atoms with Gasteiger partial charge in [0.05, 0.1) is 6.10 Å². The molecule has 3 fully saturated rings. The second-order valence-corrected chi connectivity index (χ2v) is 14.9. The molecule has 1 N–H and O–H groups in total. The summed E-state index contributed by atoms with van der Waals surface area (Å²) >= 11 is 0. The Morgan fingerprint density at radius 1 is 0.806 bits per heavy atom. The molecule has 5 aliphatic carbocycles. The first-order valence-electron chi connectivity index (χ1n) is 13.3. The Bertz CT molecular complexity index is 844. The normalized spacial score (nSPS) is 52.6. The maximum Gasteiger partial charge on any atom is 0.0594 e. The van der Waals surface area contributed by atoms with E-state index < -0.39 is 0 Å². The molecule has 5 rings (SSSR count). The van der Waals surface area contributed by atoms with E-state index in [1.54, 1.807) is 5.57 Å². The van der Waals surface area contributed by atoms with Crippen LogP contribution in [0.15, 0.2) is 23.3 Å². The Hall–Kier alpha value is -0.560. The Balaban J connectivity index is 1.65. The van der Waals surface area contributed by atoms with Crippen molar-refractivity contribution in [2.75, 3.05) is 0 Å². The van der Waals surface area contributed by atoms with E-state index in [0.29, 0.717) is 38.9 Å². The fraction of sp³-hybridized carbons (Fsp3) is 0.867. The summed E-state index contributed by atoms with van der Waals surface area (Å²) in [5.74, 6) is 1.24. The highest BCUT2D eigenvalue weighted by Gasteiger charge is 2.66. The number of aliphatic hydroxyl groups is 1. The SMILES string of the molecule is CC1(C)CC[C@]2(C)CC[C@]3(C)C(=C2C1)C=C[C@@H]1[C@@]2(C)CC[C@H](O)C(C)(C)[C@@H]2CC[C@]13C. The summed E-state index contributed by atoms with van der Waals surface area (Å²) in [5.41, 5.74) is 5.39. The lowest BCUT2D eigenvalue weighted by Gasteiger charge is -2.69. The standard InChI is InChI=1S/C30H48O/c1-25(2)15-16-27(5)17-18-29(7)20(21(27)19-25)9-10-23-28(6)13-12-24(31)26(3,4)22(28)11-14-30(23,29)8/h9-10,22-24,31H,11-19H2,1-8H3/t22-,23+,24-,27+,28-,29+,30+/m0/s1. The minimum atomic E-state index is -0.143. The average molecular weight is 425 g/mol. The van der Waals surface area contributed by atoms with Gasteiger partial charge < -0.3 is 5.11 Å². The van der Waals surface area contributed by atoms with Gasteiger partial charge in [0.2, 0.25) is 0 Å². The van der Waals surface area contributed by atoms with Gasteiger partial charge in [-0.25, -0.2) is 0 Å². The van der Waals surface area contributed by atoms with E-state index in [9.17, 15) is 5.11 Å². The van der Waals surface area contributed by atoms with E-state index in [4.69, 9.17) is 0 Å². The van der Waals surface area contributed by atoms with Gasteiger partial charge in [-0.1, -0.05) is 73.1 Å². The second kappa shape index (κ2) is 6.31. The van der Waals surface area contributed by atoms with Gasteiger partial charge in [0.25, 0.3) is 0 Å². The molecule has 0 aromatic carbocycles. The van der Waals surface area contributed by atoms with E-state index in [-0.39, 0.29) is 11.5 Å². The molecule has 0 heterocycles. The number of hydrogen-bond acceptors (Lipinski definition) is 1. The zero-order valence-corrected chi connectivity index (χ0v) is 21.7. The molecule has 0 aliphatic heterocycles. The first-order chi connectivity index (χ1) is 14.2.